The number of carbonyl (C=O) groups is 2. The predicted molar refractivity (Wildman–Crippen MR) is 61.3 cm³/mol. The number of β-amino-alcohol motifs (C(OH)–C–C–N with tert-alkyl or cyclic N) is 1. The average Bonchev–Trinajstić information content (AvgIpc) is 2.74. The van der Waals surface area contributed by atoms with Crippen LogP contribution in [0.4, 0.5) is 0 Å². The van der Waals surface area contributed by atoms with E-state index in [9.17, 15) is 30.0 Å². The van der Waals surface area contributed by atoms with E-state index in [-0.39, 0.29) is 12.8 Å². The smallest absolute Gasteiger partial charge is 0.326 e. The number of carboxylic acids is 1. The van der Waals surface area contributed by atoms with E-state index in [0.29, 0.717) is 0 Å². The average molecular weight is 291 g/mol. The van der Waals surface area contributed by atoms with E-state index in [2.05, 4.69) is 0 Å². The van der Waals surface area contributed by atoms with Crippen LogP contribution in [-0.2, 0) is 14.3 Å². The van der Waals surface area contributed by atoms with Gasteiger partial charge in [0.05, 0.1) is 13.2 Å². The van der Waals surface area contributed by atoms with E-state index in [4.69, 9.17) is 9.84 Å². The number of aliphatic hydroxyl groups excluding tert-OH is 3. The fourth-order valence-electron chi connectivity index (χ4n) is 2.46. The quantitative estimate of drug-likeness (QED) is 0.366. The van der Waals surface area contributed by atoms with Crippen LogP contribution in [-0.4, -0.2) is 85.6 Å². The first-order valence-electron chi connectivity index (χ1n) is 6.19. The molecule has 2 aliphatic heterocycles. The molecule has 2 fully saturated rings. The standard InChI is InChI=1S/C11H17NO8/c13-6-3-20-11(19,9(16)8(6)15)4-12-5(10(17)18)1-2-7(12)14/h5-6,8-9,13,15-16,19H,1-4H2,(H,17,18)/t5-,6+,8+,9-,11+/m0/s1. The number of likely N-dealkylation sites (tertiary alicyclic amines) is 1. The van der Waals surface area contributed by atoms with Gasteiger partial charge in [0.25, 0.3) is 0 Å². The predicted octanol–water partition coefficient (Wildman–Crippen LogP) is -3.14. The molecule has 2 saturated heterocycles. The minimum Gasteiger partial charge on any atom is -0.480 e. The fraction of sp³-hybridized carbons (Fsp3) is 0.818. The van der Waals surface area contributed by atoms with Crippen molar-refractivity contribution in [1.82, 2.24) is 4.90 Å². The van der Waals surface area contributed by atoms with Gasteiger partial charge in [-0.1, -0.05) is 0 Å². The molecule has 5 atom stereocenters. The van der Waals surface area contributed by atoms with Crippen molar-refractivity contribution in [3.63, 3.8) is 0 Å². The van der Waals surface area contributed by atoms with Crippen LogP contribution in [0.25, 0.3) is 0 Å². The number of carbonyl (C=O) groups excluding carboxylic acids is 1. The Morgan fingerprint density at radius 3 is 2.65 bits per heavy atom. The Bertz CT molecular complexity index is 415. The van der Waals surface area contributed by atoms with E-state index in [1.807, 2.05) is 0 Å². The summed E-state index contributed by atoms with van der Waals surface area (Å²) in [6, 6.07) is -1.11. The molecule has 114 valence electrons. The molecule has 2 aliphatic rings. The summed E-state index contributed by atoms with van der Waals surface area (Å²) >= 11 is 0. The molecule has 0 unspecified atom stereocenters. The van der Waals surface area contributed by atoms with Crippen molar-refractivity contribution in [1.29, 1.82) is 0 Å². The SMILES string of the molecule is O=C(O)[C@@H]1CCC(=O)N1C[C@@]1(O)OC[C@@H](O)[C@@H](O)[C@@H]1O. The number of rotatable bonds is 3. The molecule has 0 saturated carbocycles. The van der Waals surface area contributed by atoms with Crippen molar-refractivity contribution >= 4 is 11.9 Å². The summed E-state index contributed by atoms with van der Waals surface area (Å²) in [7, 11) is 0. The summed E-state index contributed by atoms with van der Waals surface area (Å²) in [5.74, 6) is -4.01. The summed E-state index contributed by atoms with van der Waals surface area (Å²) in [6.45, 7) is -1.03. The van der Waals surface area contributed by atoms with Crippen LogP contribution < -0.4 is 0 Å². The lowest BCUT2D eigenvalue weighted by molar-refractivity contribution is -0.324. The lowest BCUT2D eigenvalue weighted by Gasteiger charge is -2.43. The van der Waals surface area contributed by atoms with Gasteiger partial charge in [-0.2, -0.15) is 0 Å². The Morgan fingerprint density at radius 1 is 1.40 bits per heavy atom. The Labute approximate surface area is 114 Å². The van der Waals surface area contributed by atoms with Gasteiger partial charge in [0.2, 0.25) is 11.7 Å². The van der Waals surface area contributed by atoms with E-state index in [1.54, 1.807) is 0 Å². The van der Waals surface area contributed by atoms with Gasteiger partial charge in [-0.15, -0.1) is 0 Å². The highest BCUT2D eigenvalue weighted by atomic mass is 16.6. The molecule has 2 heterocycles. The molecule has 2 rings (SSSR count). The van der Waals surface area contributed by atoms with Gasteiger partial charge in [0.15, 0.2) is 0 Å². The van der Waals surface area contributed by atoms with Crippen molar-refractivity contribution in [2.45, 2.75) is 43.0 Å². The van der Waals surface area contributed by atoms with Gasteiger partial charge in [0.1, 0.15) is 24.4 Å². The zero-order chi connectivity index (χ0) is 15.1. The van der Waals surface area contributed by atoms with Crippen LogP contribution in [0.3, 0.4) is 0 Å². The van der Waals surface area contributed by atoms with Crippen LogP contribution >= 0.6 is 0 Å². The summed E-state index contributed by atoms with van der Waals surface area (Å²) < 4.78 is 4.91. The normalized spacial score (nSPS) is 42.0. The minimum absolute atomic E-state index is 0.0221. The number of amides is 1. The molecular weight excluding hydrogens is 274 g/mol. The number of nitrogens with zero attached hydrogens (tertiary/aromatic N) is 1. The highest BCUT2D eigenvalue weighted by Crippen LogP contribution is 2.28. The fourth-order valence-corrected chi connectivity index (χ4v) is 2.46. The van der Waals surface area contributed by atoms with E-state index >= 15 is 0 Å². The minimum atomic E-state index is -2.31. The molecule has 5 N–H and O–H groups in total. The van der Waals surface area contributed by atoms with Gasteiger partial charge >= 0.3 is 5.97 Å². The molecular formula is C11H17NO8. The lowest BCUT2D eigenvalue weighted by atomic mass is 9.96. The molecule has 1 amide bonds. The summed E-state index contributed by atoms with van der Waals surface area (Å²) in [5, 5.41) is 47.8. The van der Waals surface area contributed by atoms with E-state index in [1.165, 1.54) is 0 Å². The second-order valence-electron chi connectivity index (χ2n) is 5.07. The summed E-state index contributed by atoms with van der Waals surface area (Å²) in [6.07, 6.45) is -4.74. The monoisotopic (exact) mass is 291 g/mol. The molecule has 20 heavy (non-hydrogen) atoms. The Morgan fingerprint density at radius 2 is 2.05 bits per heavy atom. The van der Waals surface area contributed by atoms with Crippen LogP contribution in [0.15, 0.2) is 0 Å². The van der Waals surface area contributed by atoms with Crippen LogP contribution in [0, 0.1) is 0 Å². The van der Waals surface area contributed by atoms with Crippen molar-refractivity contribution in [2.75, 3.05) is 13.2 Å². The van der Waals surface area contributed by atoms with Gasteiger partial charge in [-0.25, -0.2) is 4.79 Å². The number of ether oxygens (including phenoxy) is 1. The number of aliphatic hydroxyl groups is 4. The maximum absolute atomic E-state index is 11.7. The second kappa shape index (κ2) is 5.26. The first-order chi connectivity index (χ1) is 9.26. The largest absolute Gasteiger partial charge is 0.480 e. The molecule has 9 nitrogen and oxygen atoms in total. The molecule has 0 aromatic rings. The van der Waals surface area contributed by atoms with Crippen LogP contribution in [0.1, 0.15) is 12.8 Å². The molecule has 0 spiro atoms. The van der Waals surface area contributed by atoms with Gasteiger partial charge in [-0.3, -0.25) is 4.79 Å². The number of hydrogen-bond donors (Lipinski definition) is 5. The third-order valence-corrected chi connectivity index (χ3v) is 3.69. The molecule has 0 aromatic heterocycles. The topological polar surface area (TPSA) is 148 Å². The van der Waals surface area contributed by atoms with Gasteiger partial charge < -0.3 is 35.2 Å². The molecule has 0 aliphatic carbocycles. The second-order valence-corrected chi connectivity index (χ2v) is 5.07. The van der Waals surface area contributed by atoms with Crippen molar-refractivity contribution in [2.24, 2.45) is 0 Å². The molecule has 9 heteroatoms. The number of aliphatic carboxylic acids is 1. The first-order valence-corrected chi connectivity index (χ1v) is 6.19. The van der Waals surface area contributed by atoms with Crippen molar-refractivity contribution in [3.05, 3.63) is 0 Å². The molecule has 0 radical (unpaired) electrons. The lowest BCUT2D eigenvalue weighted by Crippen LogP contribution is -2.65. The number of hydrogen-bond acceptors (Lipinski definition) is 7. The van der Waals surface area contributed by atoms with Crippen LogP contribution in [0.5, 0.6) is 0 Å². The summed E-state index contributed by atoms with van der Waals surface area (Å²) in [4.78, 5) is 23.6. The third-order valence-electron chi connectivity index (χ3n) is 3.69. The molecule has 0 bridgehead atoms. The highest BCUT2D eigenvalue weighted by molar-refractivity contribution is 5.87. The van der Waals surface area contributed by atoms with Crippen molar-refractivity contribution in [3.8, 4) is 0 Å². The third kappa shape index (κ3) is 2.50. The van der Waals surface area contributed by atoms with E-state index < -0.39 is 55.2 Å². The first kappa shape index (κ1) is 15.1. The summed E-state index contributed by atoms with van der Waals surface area (Å²) in [5.41, 5.74) is 0. The Kier molecular flexibility index (Phi) is 3.98. The zero-order valence-electron chi connectivity index (χ0n) is 10.5. The van der Waals surface area contributed by atoms with Gasteiger partial charge in [0, 0.05) is 6.42 Å². The highest BCUT2D eigenvalue weighted by Gasteiger charge is 2.52. The maximum atomic E-state index is 11.7. The Balaban J connectivity index is 2.15. The molecule has 0 aromatic carbocycles. The van der Waals surface area contributed by atoms with Gasteiger partial charge in [-0.05, 0) is 6.42 Å². The zero-order valence-corrected chi connectivity index (χ0v) is 10.5. The Hall–Kier alpha value is -1.26. The maximum Gasteiger partial charge on any atom is 0.326 e. The van der Waals surface area contributed by atoms with E-state index in [0.717, 1.165) is 4.90 Å². The van der Waals surface area contributed by atoms with Crippen molar-refractivity contribution < 1.29 is 39.9 Å². The van der Waals surface area contributed by atoms with Crippen LogP contribution in [0.2, 0.25) is 0 Å². The number of carboxylic acid groups (broad SMARTS) is 1.